The first-order valence-corrected chi connectivity index (χ1v) is 6.26. The third-order valence-corrected chi connectivity index (χ3v) is 3.55. The largest absolute Gasteiger partial charge is 0.379 e. The van der Waals surface area contributed by atoms with Crippen LogP contribution in [-0.2, 0) is 6.54 Å². The molecule has 0 aliphatic carbocycles. The van der Waals surface area contributed by atoms with Gasteiger partial charge in [-0.2, -0.15) is 0 Å². The van der Waals surface area contributed by atoms with Crippen LogP contribution in [0.25, 0.3) is 0 Å². The molecule has 0 spiro atoms. The maximum Gasteiger partial charge on any atom is 0.146 e. The van der Waals surface area contributed by atoms with E-state index in [0.717, 1.165) is 10.0 Å². The van der Waals surface area contributed by atoms with Gasteiger partial charge in [0.2, 0.25) is 0 Å². The van der Waals surface area contributed by atoms with Crippen LogP contribution in [0.1, 0.15) is 5.56 Å². The van der Waals surface area contributed by atoms with E-state index in [1.54, 1.807) is 18.2 Å². The summed E-state index contributed by atoms with van der Waals surface area (Å²) < 4.78 is 14.2. The molecule has 0 unspecified atom stereocenters. The Kier molecular flexibility index (Phi) is 4.02. The molecule has 0 saturated heterocycles. The Morgan fingerprint density at radius 2 is 1.94 bits per heavy atom. The van der Waals surface area contributed by atoms with Crippen molar-refractivity contribution in [2.45, 2.75) is 6.54 Å². The number of para-hydroxylation sites is 1. The molecule has 0 atom stereocenters. The van der Waals surface area contributed by atoms with Crippen LogP contribution in [0, 0.1) is 5.82 Å². The van der Waals surface area contributed by atoms with Gasteiger partial charge in [-0.05, 0) is 45.8 Å². The Morgan fingerprint density at radius 1 is 1.18 bits per heavy atom. The van der Waals surface area contributed by atoms with Crippen molar-refractivity contribution in [3.63, 3.8) is 0 Å². The van der Waals surface area contributed by atoms with Crippen LogP contribution in [0.15, 0.2) is 46.9 Å². The van der Waals surface area contributed by atoms with E-state index in [4.69, 9.17) is 11.6 Å². The molecule has 0 aliphatic heterocycles. The number of rotatable bonds is 3. The van der Waals surface area contributed by atoms with Crippen LogP contribution in [-0.4, -0.2) is 0 Å². The first kappa shape index (κ1) is 12.4. The number of benzene rings is 2. The van der Waals surface area contributed by atoms with Gasteiger partial charge in [-0.1, -0.05) is 29.8 Å². The summed E-state index contributed by atoms with van der Waals surface area (Å²) >= 11 is 9.25. The third kappa shape index (κ3) is 3.20. The SMILES string of the molecule is Fc1ccccc1NCc1ccc(Cl)c(Br)c1. The van der Waals surface area contributed by atoms with Crippen LogP contribution < -0.4 is 5.32 Å². The molecule has 0 fully saturated rings. The minimum absolute atomic E-state index is 0.250. The molecule has 17 heavy (non-hydrogen) atoms. The topological polar surface area (TPSA) is 12.0 Å². The van der Waals surface area contributed by atoms with Gasteiger partial charge in [-0.15, -0.1) is 0 Å². The molecule has 0 radical (unpaired) electrons. The van der Waals surface area contributed by atoms with Crippen molar-refractivity contribution in [1.82, 2.24) is 0 Å². The van der Waals surface area contributed by atoms with Gasteiger partial charge in [0.15, 0.2) is 0 Å². The second kappa shape index (κ2) is 5.52. The Hall–Kier alpha value is -1.06. The minimum atomic E-state index is -0.250. The van der Waals surface area contributed by atoms with Gasteiger partial charge < -0.3 is 5.32 Å². The van der Waals surface area contributed by atoms with Gasteiger partial charge >= 0.3 is 0 Å². The van der Waals surface area contributed by atoms with Gasteiger partial charge in [0, 0.05) is 11.0 Å². The van der Waals surface area contributed by atoms with Crippen molar-refractivity contribution in [3.05, 3.63) is 63.3 Å². The maximum atomic E-state index is 13.3. The second-order valence-corrected chi connectivity index (χ2v) is 4.84. The van der Waals surface area contributed by atoms with Crippen molar-refractivity contribution in [3.8, 4) is 0 Å². The van der Waals surface area contributed by atoms with E-state index in [1.807, 2.05) is 18.2 Å². The summed E-state index contributed by atoms with van der Waals surface area (Å²) in [6.45, 7) is 0.552. The van der Waals surface area contributed by atoms with Crippen molar-refractivity contribution < 1.29 is 4.39 Å². The molecule has 0 saturated carbocycles. The van der Waals surface area contributed by atoms with Crippen molar-refractivity contribution in [2.75, 3.05) is 5.32 Å². The predicted molar refractivity (Wildman–Crippen MR) is 72.9 cm³/mol. The lowest BCUT2D eigenvalue weighted by Crippen LogP contribution is -2.01. The fourth-order valence-electron chi connectivity index (χ4n) is 1.45. The fraction of sp³-hybridized carbons (Fsp3) is 0.0769. The second-order valence-electron chi connectivity index (χ2n) is 3.58. The van der Waals surface area contributed by atoms with E-state index in [9.17, 15) is 4.39 Å². The lowest BCUT2D eigenvalue weighted by Gasteiger charge is -2.08. The Morgan fingerprint density at radius 3 is 2.65 bits per heavy atom. The minimum Gasteiger partial charge on any atom is -0.379 e. The number of hydrogen-bond acceptors (Lipinski definition) is 1. The van der Waals surface area contributed by atoms with E-state index in [2.05, 4.69) is 21.2 Å². The Labute approximate surface area is 113 Å². The van der Waals surface area contributed by atoms with Gasteiger partial charge in [0.05, 0.1) is 10.7 Å². The maximum absolute atomic E-state index is 13.3. The van der Waals surface area contributed by atoms with Crippen LogP contribution in [0.2, 0.25) is 5.02 Å². The first-order chi connectivity index (χ1) is 8.16. The summed E-state index contributed by atoms with van der Waals surface area (Å²) in [6.07, 6.45) is 0. The monoisotopic (exact) mass is 313 g/mol. The first-order valence-electron chi connectivity index (χ1n) is 5.09. The highest BCUT2D eigenvalue weighted by Gasteiger charge is 2.01. The van der Waals surface area contributed by atoms with Crippen LogP contribution in [0.5, 0.6) is 0 Å². The molecule has 2 aromatic rings. The molecule has 4 heteroatoms. The highest BCUT2D eigenvalue weighted by molar-refractivity contribution is 9.10. The summed E-state index contributed by atoms with van der Waals surface area (Å²) in [5, 5.41) is 3.70. The highest BCUT2D eigenvalue weighted by Crippen LogP contribution is 2.23. The predicted octanol–water partition coefficient (Wildman–Crippen LogP) is 4.85. The lowest BCUT2D eigenvalue weighted by molar-refractivity contribution is 0.630. The molecule has 0 amide bonds. The molecule has 0 aliphatic rings. The van der Waals surface area contributed by atoms with E-state index in [0.29, 0.717) is 17.3 Å². The summed E-state index contributed by atoms with van der Waals surface area (Å²) in [4.78, 5) is 0. The van der Waals surface area contributed by atoms with Gasteiger partial charge in [0.25, 0.3) is 0 Å². The number of nitrogens with one attached hydrogen (secondary N) is 1. The molecule has 1 N–H and O–H groups in total. The number of hydrogen-bond donors (Lipinski definition) is 1. The molecule has 0 bridgehead atoms. The zero-order valence-electron chi connectivity index (χ0n) is 8.88. The summed E-state index contributed by atoms with van der Waals surface area (Å²) in [7, 11) is 0. The Bertz CT molecular complexity index is 531. The summed E-state index contributed by atoms with van der Waals surface area (Å²) in [6, 6.07) is 12.2. The van der Waals surface area contributed by atoms with E-state index < -0.39 is 0 Å². The van der Waals surface area contributed by atoms with Crippen molar-refractivity contribution in [1.29, 1.82) is 0 Å². The molecular weight excluding hydrogens is 305 g/mol. The average molecular weight is 315 g/mol. The molecule has 2 aromatic carbocycles. The quantitative estimate of drug-likeness (QED) is 0.853. The third-order valence-electron chi connectivity index (χ3n) is 2.34. The summed E-state index contributed by atoms with van der Waals surface area (Å²) in [5.41, 5.74) is 1.53. The molecule has 1 nitrogen and oxygen atoms in total. The lowest BCUT2D eigenvalue weighted by atomic mass is 10.2. The van der Waals surface area contributed by atoms with E-state index >= 15 is 0 Å². The molecule has 88 valence electrons. The van der Waals surface area contributed by atoms with E-state index in [-0.39, 0.29) is 5.82 Å². The van der Waals surface area contributed by atoms with Crippen molar-refractivity contribution in [2.24, 2.45) is 0 Å². The fourth-order valence-corrected chi connectivity index (χ4v) is 2.00. The van der Waals surface area contributed by atoms with Crippen molar-refractivity contribution >= 4 is 33.2 Å². The molecule has 0 aromatic heterocycles. The summed E-state index contributed by atoms with van der Waals surface area (Å²) in [5.74, 6) is -0.250. The average Bonchev–Trinajstić information content (AvgIpc) is 2.32. The highest BCUT2D eigenvalue weighted by atomic mass is 79.9. The zero-order chi connectivity index (χ0) is 12.3. The zero-order valence-corrected chi connectivity index (χ0v) is 11.2. The van der Waals surface area contributed by atoms with Crippen LogP contribution in [0.4, 0.5) is 10.1 Å². The van der Waals surface area contributed by atoms with Gasteiger partial charge in [-0.3, -0.25) is 0 Å². The molecular formula is C13H10BrClFN. The smallest absolute Gasteiger partial charge is 0.146 e. The van der Waals surface area contributed by atoms with Crippen LogP contribution >= 0.6 is 27.5 Å². The van der Waals surface area contributed by atoms with Crippen LogP contribution in [0.3, 0.4) is 0 Å². The number of anilines is 1. The standard InChI is InChI=1S/C13H10BrClFN/c14-10-7-9(5-6-11(10)15)8-17-13-4-2-1-3-12(13)16/h1-7,17H,8H2. The van der Waals surface area contributed by atoms with Gasteiger partial charge in [-0.25, -0.2) is 4.39 Å². The Balaban J connectivity index is 2.08. The van der Waals surface area contributed by atoms with E-state index in [1.165, 1.54) is 6.07 Å². The molecule has 0 heterocycles. The molecule has 2 rings (SSSR count). The normalized spacial score (nSPS) is 10.3. The van der Waals surface area contributed by atoms with Gasteiger partial charge in [0.1, 0.15) is 5.82 Å². The number of halogens is 3.